The monoisotopic (exact) mass is 176 g/mol. The molecule has 0 heteroatoms. The Bertz CT molecular complexity index is 233. The minimum atomic E-state index is 0. The first-order valence-corrected chi connectivity index (χ1v) is 4.45. The van der Waals surface area contributed by atoms with Gasteiger partial charge in [0.15, 0.2) is 0 Å². The zero-order valence-corrected chi connectivity index (χ0v) is 7.77. The van der Waals surface area contributed by atoms with Crippen LogP contribution >= 0.6 is 0 Å². The van der Waals surface area contributed by atoms with Crippen molar-refractivity contribution in [3.05, 3.63) is 48.1 Å². The molecule has 1 fully saturated rings. The molecule has 0 unspecified atom stereocenters. The average molecular weight is 176 g/mol. The maximum atomic E-state index is 4.04. The summed E-state index contributed by atoms with van der Waals surface area (Å²) < 4.78 is 0. The average Bonchev–Trinajstić information content (AvgIpc) is 2.04. The molecule has 0 aromatic carbocycles. The van der Waals surface area contributed by atoms with Gasteiger partial charge in [-0.25, -0.2) is 0 Å². The Kier molecular flexibility index (Phi) is 5.13. The minimum Gasteiger partial charge on any atom is -0.0952 e. The molecule has 1 aliphatic rings. The Hall–Kier alpha value is -1.04. The molecule has 0 amide bonds. The van der Waals surface area contributed by atoms with Gasteiger partial charge in [-0.1, -0.05) is 38.8 Å². The second kappa shape index (κ2) is 5.58. The second-order valence-electron chi connectivity index (χ2n) is 3.17. The highest BCUT2D eigenvalue weighted by molar-refractivity contribution is 5.47. The van der Waals surface area contributed by atoms with Crippen LogP contribution in [0.15, 0.2) is 48.1 Å². The van der Waals surface area contributed by atoms with E-state index in [1.165, 1.54) is 23.1 Å². The van der Waals surface area contributed by atoms with Crippen LogP contribution < -0.4 is 0 Å². The van der Waals surface area contributed by atoms with Gasteiger partial charge >= 0.3 is 0 Å². The van der Waals surface area contributed by atoms with Gasteiger partial charge in [-0.15, -0.1) is 0 Å². The van der Waals surface area contributed by atoms with Crippen LogP contribution in [0.25, 0.3) is 0 Å². The highest BCUT2D eigenvalue weighted by Crippen LogP contribution is 2.30. The summed E-state index contributed by atoms with van der Waals surface area (Å²) in [5.74, 6) is 0. The lowest BCUT2D eigenvalue weighted by Gasteiger charge is -2.18. The smallest absolute Gasteiger partial charge is 0.0204 e. The van der Waals surface area contributed by atoms with Crippen molar-refractivity contribution in [2.75, 3.05) is 0 Å². The molecule has 0 bridgehead atoms. The van der Waals surface area contributed by atoms with Crippen LogP contribution in [-0.4, -0.2) is 0 Å². The van der Waals surface area contributed by atoms with E-state index in [0.29, 0.717) is 0 Å². The molecule has 72 valence electrons. The molecule has 0 aliphatic heterocycles. The lowest BCUT2D eigenvalue weighted by molar-refractivity contribution is 0.778. The van der Waals surface area contributed by atoms with Gasteiger partial charge in [-0.2, -0.15) is 0 Å². The van der Waals surface area contributed by atoms with Crippen molar-refractivity contribution in [2.45, 2.75) is 33.6 Å². The normalized spacial score (nSPS) is 17.5. The zero-order chi connectivity index (χ0) is 8.97. The Morgan fingerprint density at radius 1 is 1.15 bits per heavy atom. The van der Waals surface area contributed by atoms with Crippen molar-refractivity contribution >= 4 is 0 Å². The summed E-state index contributed by atoms with van der Waals surface area (Å²) in [4.78, 5) is 0. The van der Waals surface area contributed by atoms with Gasteiger partial charge < -0.3 is 0 Å². The van der Waals surface area contributed by atoms with E-state index in [1.807, 2.05) is 13.0 Å². The molecule has 0 atom stereocenters. The van der Waals surface area contributed by atoms with Crippen LogP contribution in [0.3, 0.4) is 0 Å². The predicted molar refractivity (Wildman–Crippen MR) is 61.8 cm³/mol. The van der Waals surface area contributed by atoms with Gasteiger partial charge in [0.1, 0.15) is 0 Å². The van der Waals surface area contributed by atoms with Crippen molar-refractivity contribution in [1.82, 2.24) is 0 Å². The van der Waals surface area contributed by atoms with Crippen LogP contribution in [0.2, 0.25) is 0 Å². The molecule has 13 heavy (non-hydrogen) atoms. The lowest BCUT2D eigenvalue weighted by atomic mass is 9.87. The Labute approximate surface area is 82.4 Å². The summed E-state index contributed by atoms with van der Waals surface area (Å²) >= 11 is 0. The summed E-state index contributed by atoms with van der Waals surface area (Å²) in [6.07, 6.45) is 9.67. The Balaban J connectivity index is 0.00000144. The fraction of sp³-hybridized carbons (Fsp3) is 0.385. The maximum absolute atomic E-state index is 4.04. The molecule has 0 radical (unpaired) electrons. The van der Waals surface area contributed by atoms with Crippen LogP contribution in [0.1, 0.15) is 33.6 Å². The van der Waals surface area contributed by atoms with Gasteiger partial charge in [0, 0.05) is 0 Å². The van der Waals surface area contributed by atoms with E-state index in [-0.39, 0.29) is 7.43 Å². The van der Waals surface area contributed by atoms with Gasteiger partial charge in [0.25, 0.3) is 0 Å². The topological polar surface area (TPSA) is 0 Å². The summed E-state index contributed by atoms with van der Waals surface area (Å²) in [5.41, 5.74) is 3.74. The van der Waals surface area contributed by atoms with E-state index < -0.39 is 0 Å². The van der Waals surface area contributed by atoms with E-state index >= 15 is 0 Å². The molecule has 0 aromatic rings. The van der Waals surface area contributed by atoms with E-state index in [0.717, 1.165) is 12.8 Å². The number of rotatable bonds is 1. The minimum absolute atomic E-state index is 0. The summed E-state index contributed by atoms with van der Waals surface area (Å²) in [6.45, 7) is 10.1. The first-order valence-electron chi connectivity index (χ1n) is 4.45. The van der Waals surface area contributed by atoms with Crippen molar-refractivity contribution in [1.29, 1.82) is 0 Å². The molecule has 0 heterocycles. The molecular formula is C13H20. The maximum Gasteiger partial charge on any atom is -0.0204 e. The van der Waals surface area contributed by atoms with Gasteiger partial charge in [-0.3, -0.25) is 0 Å². The van der Waals surface area contributed by atoms with Gasteiger partial charge in [0.2, 0.25) is 0 Å². The second-order valence-corrected chi connectivity index (χ2v) is 3.17. The predicted octanol–water partition coefficient (Wildman–Crippen LogP) is 4.42. The fourth-order valence-corrected chi connectivity index (χ4v) is 1.46. The highest BCUT2D eigenvalue weighted by Gasteiger charge is 2.11. The molecule has 0 aromatic heterocycles. The molecule has 0 spiro atoms. The summed E-state index contributed by atoms with van der Waals surface area (Å²) in [7, 11) is 0. The molecule has 0 N–H and O–H groups in total. The van der Waals surface area contributed by atoms with Crippen LogP contribution in [0.5, 0.6) is 0 Å². The van der Waals surface area contributed by atoms with Crippen LogP contribution in [0.4, 0.5) is 0 Å². The molecule has 1 saturated carbocycles. The summed E-state index contributed by atoms with van der Waals surface area (Å²) in [5, 5.41) is 0. The van der Waals surface area contributed by atoms with Crippen molar-refractivity contribution < 1.29 is 0 Å². The SMILES string of the molecule is C.C=C1CCCC(=C)C1=C/C=C\C. The molecule has 0 saturated heterocycles. The number of allylic oxidation sites excluding steroid dienone is 6. The zero-order valence-electron chi connectivity index (χ0n) is 7.77. The Morgan fingerprint density at radius 2 is 1.69 bits per heavy atom. The standard InChI is InChI=1S/C12H16.CH4/c1-4-5-9-12-10(2)7-6-8-11(12)3;/h4-5,9H,2-3,6-8H2,1H3;1H4/b5-4-;. The number of hydrogen-bond acceptors (Lipinski definition) is 0. The Morgan fingerprint density at radius 3 is 2.15 bits per heavy atom. The highest BCUT2D eigenvalue weighted by atomic mass is 14.2. The van der Waals surface area contributed by atoms with Gasteiger partial charge in [0.05, 0.1) is 0 Å². The largest absolute Gasteiger partial charge is 0.0952 e. The molecule has 0 nitrogen and oxygen atoms in total. The van der Waals surface area contributed by atoms with E-state index in [4.69, 9.17) is 0 Å². The van der Waals surface area contributed by atoms with E-state index in [2.05, 4.69) is 25.3 Å². The van der Waals surface area contributed by atoms with Crippen molar-refractivity contribution in [3.8, 4) is 0 Å². The van der Waals surface area contributed by atoms with Crippen LogP contribution in [-0.2, 0) is 0 Å². The first-order chi connectivity index (χ1) is 5.75. The van der Waals surface area contributed by atoms with Crippen molar-refractivity contribution in [3.63, 3.8) is 0 Å². The lowest BCUT2D eigenvalue weighted by Crippen LogP contribution is -1.99. The third-order valence-corrected chi connectivity index (χ3v) is 2.17. The summed E-state index contributed by atoms with van der Waals surface area (Å²) in [6, 6.07) is 0. The first kappa shape index (κ1) is 12.0. The van der Waals surface area contributed by atoms with E-state index in [1.54, 1.807) is 0 Å². The van der Waals surface area contributed by atoms with Gasteiger partial charge in [-0.05, 0) is 42.9 Å². The molecule has 1 aliphatic carbocycles. The fourth-order valence-electron chi connectivity index (χ4n) is 1.46. The quantitative estimate of drug-likeness (QED) is 0.554. The van der Waals surface area contributed by atoms with Crippen LogP contribution in [0, 0.1) is 0 Å². The number of hydrogen-bond donors (Lipinski definition) is 0. The molecular weight excluding hydrogens is 156 g/mol. The van der Waals surface area contributed by atoms with E-state index in [9.17, 15) is 0 Å². The third kappa shape index (κ3) is 3.06. The van der Waals surface area contributed by atoms with Crippen molar-refractivity contribution in [2.24, 2.45) is 0 Å². The third-order valence-electron chi connectivity index (χ3n) is 2.17. The molecule has 1 rings (SSSR count).